The number of sulfone groups is 2. The third-order valence-corrected chi connectivity index (χ3v) is 5.21. The van der Waals surface area contributed by atoms with Crippen molar-refractivity contribution in [1.82, 2.24) is 10.6 Å². The Labute approximate surface area is 107 Å². The molecular weight excluding hydrogens is 280 g/mol. The van der Waals surface area contributed by atoms with Crippen LogP contribution in [0.4, 0.5) is 0 Å². The largest absolute Gasteiger partial charge is 0.355 e. The van der Waals surface area contributed by atoms with Crippen LogP contribution < -0.4 is 10.6 Å². The molecule has 1 aliphatic heterocycles. The lowest BCUT2D eigenvalue weighted by Gasteiger charge is -2.23. The van der Waals surface area contributed by atoms with E-state index in [1.165, 1.54) is 0 Å². The zero-order chi connectivity index (χ0) is 13.8. The third-order valence-electron chi connectivity index (χ3n) is 2.53. The van der Waals surface area contributed by atoms with E-state index in [9.17, 15) is 21.6 Å². The summed E-state index contributed by atoms with van der Waals surface area (Å²) in [6.07, 6.45) is 1.14. The molecule has 0 radical (unpaired) electrons. The first-order valence-corrected chi connectivity index (χ1v) is 9.44. The number of amides is 1. The second-order valence-electron chi connectivity index (χ2n) is 4.45. The quantitative estimate of drug-likeness (QED) is 0.603. The highest BCUT2D eigenvalue weighted by Crippen LogP contribution is 2.04. The van der Waals surface area contributed by atoms with E-state index in [0.29, 0.717) is 6.54 Å². The molecular formula is C9H18N2O5S2. The van der Waals surface area contributed by atoms with Crippen LogP contribution in [-0.4, -0.2) is 65.4 Å². The topological polar surface area (TPSA) is 109 Å². The van der Waals surface area contributed by atoms with Gasteiger partial charge in [0.15, 0.2) is 9.84 Å². The Morgan fingerprint density at radius 1 is 1.44 bits per heavy atom. The van der Waals surface area contributed by atoms with Crippen molar-refractivity contribution in [1.29, 1.82) is 0 Å². The van der Waals surface area contributed by atoms with E-state index < -0.39 is 19.7 Å². The van der Waals surface area contributed by atoms with Gasteiger partial charge in [0.2, 0.25) is 5.91 Å². The van der Waals surface area contributed by atoms with Gasteiger partial charge >= 0.3 is 0 Å². The number of carbonyl (C=O) groups excluding carboxylic acids is 1. The van der Waals surface area contributed by atoms with Crippen molar-refractivity contribution >= 4 is 25.6 Å². The van der Waals surface area contributed by atoms with Gasteiger partial charge in [-0.05, 0) is 0 Å². The Balaban J connectivity index is 2.32. The van der Waals surface area contributed by atoms with Gasteiger partial charge in [-0.1, -0.05) is 0 Å². The molecule has 1 aliphatic rings. The fraction of sp³-hybridized carbons (Fsp3) is 0.889. The van der Waals surface area contributed by atoms with Crippen LogP contribution in [0.25, 0.3) is 0 Å². The number of hydrogen-bond acceptors (Lipinski definition) is 6. The van der Waals surface area contributed by atoms with E-state index in [1.807, 2.05) is 0 Å². The first-order chi connectivity index (χ1) is 8.18. The zero-order valence-electron chi connectivity index (χ0n) is 10.2. The molecule has 0 aromatic carbocycles. The van der Waals surface area contributed by atoms with Gasteiger partial charge in [-0.3, -0.25) is 4.79 Å². The minimum Gasteiger partial charge on any atom is -0.355 e. The van der Waals surface area contributed by atoms with Crippen LogP contribution in [0.15, 0.2) is 0 Å². The number of rotatable bonds is 5. The van der Waals surface area contributed by atoms with Crippen molar-refractivity contribution in [2.24, 2.45) is 0 Å². The van der Waals surface area contributed by atoms with Crippen molar-refractivity contribution < 1.29 is 21.6 Å². The molecule has 1 unspecified atom stereocenters. The summed E-state index contributed by atoms with van der Waals surface area (Å²) in [5, 5.41) is 5.41. The molecule has 7 nitrogen and oxygen atoms in total. The molecule has 0 spiro atoms. The van der Waals surface area contributed by atoms with Gasteiger partial charge in [0.05, 0.1) is 17.3 Å². The smallest absolute Gasteiger partial charge is 0.221 e. The van der Waals surface area contributed by atoms with Crippen LogP contribution in [-0.2, 0) is 24.5 Å². The SMILES string of the molecule is CS(=O)(=O)CCNC(=O)CC1CS(=O)(=O)CCN1. The van der Waals surface area contributed by atoms with Crippen molar-refractivity contribution in [3.63, 3.8) is 0 Å². The fourth-order valence-electron chi connectivity index (χ4n) is 1.67. The Morgan fingerprint density at radius 3 is 2.67 bits per heavy atom. The molecule has 1 atom stereocenters. The lowest BCUT2D eigenvalue weighted by molar-refractivity contribution is -0.121. The first kappa shape index (κ1) is 15.4. The van der Waals surface area contributed by atoms with Crippen LogP contribution in [0, 0.1) is 0 Å². The van der Waals surface area contributed by atoms with Gasteiger partial charge in [-0.25, -0.2) is 16.8 Å². The Bertz CT molecular complexity index is 497. The highest BCUT2D eigenvalue weighted by Gasteiger charge is 2.25. The van der Waals surface area contributed by atoms with Crippen LogP contribution in [0.5, 0.6) is 0 Å². The van der Waals surface area contributed by atoms with Gasteiger partial charge in [-0.15, -0.1) is 0 Å². The number of carbonyl (C=O) groups is 1. The molecule has 18 heavy (non-hydrogen) atoms. The van der Waals surface area contributed by atoms with Crippen LogP contribution in [0.2, 0.25) is 0 Å². The third kappa shape index (κ3) is 6.31. The van der Waals surface area contributed by atoms with Gasteiger partial charge in [-0.2, -0.15) is 0 Å². The second-order valence-corrected chi connectivity index (χ2v) is 8.94. The van der Waals surface area contributed by atoms with E-state index in [2.05, 4.69) is 10.6 Å². The van der Waals surface area contributed by atoms with E-state index >= 15 is 0 Å². The summed E-state index contributed by atoms with van der Waals surface area (Å²) in [5.41, 5.74) is 0. The summed E-state index contributed by atoms with van der Waals surface area (Å²) in [7, 11) is -6.16. The predicted molar refractivity (Wildman–Crippen MR) is 67.8 cm³/mol. The van der Waals surface area contributed by atoms with Crippen LogP contribution in [0.3, 0.4) is 0 Å². The molecule has 1 saturated heterocycles. The van der Waals surface area contributed by atoms with Gasteiger partial charge < -0.3 is 10.6 Å². The standard InChI is InChI=1S/C9H18N2O5S2/c1-17(13,14)4-2-11-9(12)6-8-7-18(15,16)5-3-10-8/h8,10H,2-7H2,1H3,(H,11,12). The van der Waals surface area contributed by atoms with E-state index in [-0.39, 0.29) is 42.2 Å². The lowest BCUT2D eigenvalue weighted by Crippen LogP contribution is -2.47. The van der Waals surface area contributed by atoms with E-state index in [0.717, 1.165) is 6.26 Å². The molecule has 9 heteroatoms. The molecule has 0 saturated carbocycles. The maximum atomic E-state index is 11.5. The molecule has 0 bridgehead atoms. The van der Waals surface area contributed by atoms with Crippen molar-refractivity contribution in [3.05, 3.63) is 0 Å². The maximum Gasteiger partial charge on any atom is 0.221 e. The highest BCUT2D eigenvalue weighted by atomic mass is 32.2. The van der Waals surface area contributed by atoms with Gasteiger partial charge in [0.25, 0.3) is 0 Å². The molecule has 0 aromatic heterocycles. The Hall–Kier alpha value is -0.670. The van der Waals surface area contributed by atoms with Crippen molar-refractivity contribution in [3.8, 4) is 0 Å². The second kappa shape index (κ2) is 5.98. The Kier molecular flexibility index (Phi) is 5.11. The average molecular weight is 298 g/mol. The molecule has 1 heterocycles. The van der Waals surface area contributed by atoms with Crippen LogP contribution in [0.1, 0.15) is 6.42 Å². The zero-order valence-corrected chi connectivity index (χ0v) is 11.8. The molecule has 1 rings (SSSR count). The molecule has 0 aromatic rings. The number of hydrogen-bond donors (Lipinski definition) is 2. The lowest BCUT2D eigenvalue weighted by atomic mass is 10.2. The van der Waals surface area contributed by atoms with Crippen LogP contribution >= 0.6 is 0 Å². The highest BCUT2D eigenvalue weighted by molar-refractivity contribution is 7.91. The summed E-state index contributed by atoms with van der Waals surface area (Å²) in [6.45, 7) is 0.404. The molecule has 0 aliphatic carbocycles. The summed E-state index contributed by atoms with van der Waals surface area (Å²) in [5.74, 6) is -0.408. The molecule has 1 amide bonds. The Morgan fingerprint density at radius 2 is 2.11 bits per heavy atom. The fourth-order valence-corrected chi connectivity index (χ4v) is 3.59. The average Bonchev–Trinajstić information content (AvgIpc) is 2.13. The summed E-state index contributed by atoms with van der Waals surface area (Å²) >= 11 is 0. The minimum absolute atomic E-state index is 0.0446. The van der Waals surface area contributed by atoms with Gasteiger partial charge in [0.1, 0.15) is 9.84 Å². The maximum absolute atomic E-state index is 11.5. The van der Waals surface area contributed by atoms with Crippen molar-refractivity contribution in [2.75, 3.05) is 36.6 Å². The molecule has 1 fully saturated rings. The molecule has 106 valence electrons. The summed E-state index contributed by atoms with van der Waals surface area (Å²) in [4.78, 5) is 11.5. The summed E-state index contributed by atoms with van der Waals surface area (Å²) < 4.78 is 44.4. The summed E-state index contributed by atoms with van der Waals surface area (Å²) in [6, 6.07) is -0.387. The monoisotopic (exact) mass is 298 g/mol. The molecule has 2 N–H and O–H groups in total. The first-order valence-electron chi connectivity index (χ1n) is 5.56. The number of nitrogens with one attached hydrogen (secondary N) is 2. The minimum atomic E-state index is -3.10. The normalized spacial score (nSPS) is 23.5. The van der Waals surface area contributed by atoms with E-state index in [1.54, 1.807) is 0 Å². The van der Waals surface area contributed by atoms with E-state index in [4.69, 9.17) is 0 Å². The predicted octanol–water partition coefficient (Wildman–Crippen LogP) is -2.08. The van der Waals surface area contributed by atoms with Gasteiger partial charge in [0, 0.05) is 31.8 Å². The van der Waals surface area contributed by atoms with Crippen molar-refractivity contribution in [2.45, 2.75) is 12.5 Å².